The zero-order valence-corrected chi connectivity index (χ0v) is 18.2. The molecule has 0 saturated carbocycles. The fourth-order valence-electron chi connectivity index (χ4n) is 3.32. The molecule has 30 heavy (non-hydrogen) atoms. The summed E-state index contributed by atoms with van der Waals surface area (Å²) in [6.45, 7) is 5.61. The van der Waals surface area contributed by atoms with Crippen LogP contribution in [0.5, 0.6) is 5.75 Å². The summed E-state index contributed by atoms with van der Waals surface area (Å²) in [5.74, 6) is 0.746. The zero-order chi connectivity index (χ0) is 21.5. The number of benzene rings is 2. The Kier molecular flexibility index (Phi) is 7.25. The molecule has 158 valence electrons. The molecule has 0 bridgehead atoms. The van der Waals surface area contributed by atoms with Crippen LogP contribution in [0.15, 0.2) is 54.6 Å². The van der Waals surface area contributed by atoms with Crippen molar-refractivity contribution in [1.82, 2.24) is 14.7 Å². The molecule has 1 aromatic heterocycles. The summed E-state index contributed by atoms with van der Waals surface area (Å²) < 4.78 is 7.63. The van der Waals surface area contributed by atoms with Crippen LogP contribution >= 0.6 is 0 Å². The highest BCUT2D eigenvalue weighted by Gasteiger charge is 2.16. The molecule has 0 aliphatic heterocycles. The lowest BCUT2D eigenvalue weighted by molar-refractivity contribution is -0.115. The smallest absolute Gasteiger partial charge is 0.228 e. The number of aromatic nitrogens is 2. The van der Waals surface area contributed by atoms with Crippen molar-refractivity contribution in [2.45, 2.75) is 26.7 Å². The molecule has 6 nitrogen and oxygen atoms in total. The SMILES string of the molecule is Cc1nn(-c2ccccc2)c(C)c1CC(=O)Nc1ccc(OCCCN(C)C)cc1. The molecule has 3 rings (SSSR count). The maximum Gasteiger partial charge on any atom is 0.228 e. The minimum Gasteiger partial charge on any atom is -0.494 e. The average molecular weight is 407 g/mol. The Hall–Kier alpha value is -3.12. The van der Waals surface area contributed by atoms with Crippen molar-refractivity contribution in [2.75, 3.05) is 32.6 Å². The number of amides is 1. The van der Waals surface area contributed by atoms with Crippen LogP contribution in [0.25, 0.3) is 5.69 Å². The molecule has 0 unspecified atom stereocenters. The summed E-state index contributed by atoms with van der Waals surface area (Å²) in [5.41, 5.74) is 4.55. The van der Waals surface area contributed by atoms with E-state index < -0.39 is 0 Å². The number of aryl methyl sites for hydroxylation is 1. The van der Waals surface area contributed by atoms with Crippen LogP contribution in [-0.2, 0) is 11.2 Å². The Morgan fingerprint density at radius 2 is 1.77 bits per heavy atom. The second-order valence-electron chi connectivity index (χ2n) is 7.65. The summed E-state index contributed by atoms with van der Waals surface area (Å²) >= 11 is 0. The van der Waals surface area contributed by atoms with Crippen LogP contribution in [0.3, 0.4) is 0 Å². The highest BCUT2D eigenvalue weighted by Crippen LogP contribution is 2.20. The quantitative estimate of drug-likeness (QED) is 0.546. The van der Waals surface area contributed by atoms with E-state index in [0.717, 1.165) is 47.0 Å². The molecule has 0 aliphatic carbocycles. The van der Waals surface area contributed by atoms with E-state index in [1.54, 1.807) is 0 Å². The fraction of sp³-hybridized carbons (Fsp3) is 0.333. The van der Waals surface area contributed by atoms with Crippen LogP contribution < -0.4 is 10.1 Å². The van der Waals surface area contributed by atoms with Gasteiger partial charge < -0.3 is 15.0 Å². The summed E-state index contributed by atoms with van der Waals surface area (Å²) in [7, 11) is 4.10. The monoisotopic (exact) mass is 406 g/mol. The predicted octanol–water partition coefficient (Wildman–Crippen LogP) is 4.00. The third-order valence-electron chi connectivity index (χ3n) is 4.94. The summed E-state index contributed by atoms with van der Waals surface area (Å²) in [6.07, 6.45) is 1.26. The van der Waals surface area contributed by atoms with Crippen molar-refractivity contribution in [3.8, 4) is 11.4 Å². The van der Waals surface area contributed by atoms with E-state index in [-0.39, 0.29) is 12.3 Å². The van der Waals surface area contributed by atoms with Gasteiger partial charge in [0.2, 0.25) is 5.91 Å². The Morgan fingerprint density at radius 3 is 2.43 bits per heavy atom. The predicted molar refractivity (Wildman–Crippen MR) is 120 cm³/mol. The largest absolute Gasteiger partial charge is 0.494 e. The molecule has 0 atom stereocenters. The fourth-order valence-corrected chi connectivity index (χ4v) is 3.32. The molecule has 0 radical (unpaired) electrons. The number of carbonyl (C=O) groups is 1. The van der Waals surface area contributed by atoms with Crippen molar-refractivity contribution in [1.29, 1.82) is 0 Å². The molecule has 3 aromatic rings. The van der Waals surface area contributed by atoms with Crippen molar-refractivity contribution in [2.24, 2.45) is 0 Å². The van der Waals surface area contributed by atoms with E-state index in [4.69, 9.17) is 4.74 Å². The Bertz CT molecular complexity index is 963. The van der Waals surface area contributed by atoms with Crippen molar-refractivity contribution < 1.29 is 9.53 Å². The minimum absolute atomic E-state index is 0.0616. The van der Waals surface area contributed by atoms with Crippen LogP contribution in [-0.4, -0.2) is 47.8 Å². The molecule has 1 heterocycles. The van der Waals surface area contributed by atoms with Gasteiger partial charge in [-0.1, -0.05) is 18.2 Å². The lowest BCUT2D eigenvalue weighted by Gasteiger charge is -2.11. The van der Waals surface area contributed by atoms with Gasteiger partial charge in [-0.3, -0.25) is 4.79 Å². The molecule has 0 spiro atoms. The number of nitrogens with one attached hydrogen (secondary N) is 1. The number of anilines is 1. The van der Waals surface area contributed by atoms with Gasteiger partial charge in [0, 0.05) is 23.5 Å². The van der Waals surface area contributed by atoms with Gasteiger partial charge in [0.25, 0.3) is 0 Å². The Labute approximate surface area is 178 Å². The molecule has 0 saturated heterocycles. The summed E-state index contributed by atoms with van der Waals surface area (Å²) in [5, 5.41) is 7.58. The maximum absolute atomic E-state index is 12.6. The first-order valence-electron chi connectivity index (χ1n) is 10.2. The topological polar surface area (TPSA) is 59.4 Å². The van der Waals surface area contributed by atoms with Crippen LogP contribution in [0.1, 0.15) is 23.4 Å². The van der Waals surface area contributed by atoms with Crippen molar-refractivity contribution >= 4 is 11.6 Å². The van der Waals surface area contributed by atoms with E-state index >= 15 is 0 Å². The highest BCUT2D eigenvalue weighted by molar-refractivity contribution is 5.92. The highest BCUT2D eigenvalue weighted by atomic mass is 16.5. The van der Waals surface area contributed by atoms with E-state index in [1.807, 2.05) is 87.2 Å². The first-order chi connectivity index (χ1) is 14.4. The van der Waals surface area contributed by atoms with Crippen LogP contribution in [0.2, 0.25) is 0 Å². The molecule has 0 fully saturated rings. The van der Waals surface area contributed by atoms with E-state index in [0.29, 0.717) is 6.61 Å². The second-order valence-corrected chi connectivity index (χ2v) is 7.65. The first kappa shape index (κ1) is 21.6. The summed E-state index contributed by atoms with van der Waals surface area (Å²) in [4.78, 5) is 14.7. The van der Waals surface area contributed by atoms with E-state index in [1.165, 1.54) is 0 Å². The van der Waals surface area contributed by atoms with Crippen LogP contribution in [0, 0.1) is 13.8 Å². The van der Waals surface area contributed by atoms with Gasteiger partial charge in [0.05, 0.1) is 24.4 Å². The third-order valence-corrected chi connectivity index (χ3v) is 4.94. The number of nitrogens with zero attached hydrogens (tertiary/aromatic N) is 3. The lowest BCUT2D eigenvalue weighted by Crippen LogP contribution is -2.16. The number of hydrogen-bond acceptors (Lipinski definition) is 4. The van der Waals surface area contributed by atoms with Crippen molar-refractivity contribution in [3.63, 3.8) is 0 Å². The van der Waals surface area contributed by atoms with Gasteiger partial charge in [-0.25, -0.2) is 4.68 Å². The van der Waals surface area contributed by atoms with Crippen LogP contribution in [0.4, 0.5) is 5.69 Å². The molecule has 1 amide bonds. The minimum atomic E-state index is -0.0616. The van der Waals surface area contributed by atoms with Gasteiger partial charge in [0.15, 0.2) is 0 Å². The normalized spacial score (nSPS) is 11.0. The zero-order valence-electron chi connectivity index (χ0n) is 18.2. The third kappa shape index (κ3) is 5.70. The Morgan fingerprint density at radius 1 is 1.07 bits per heavy atom. The van der Waals surface area contributed by atoms with E-state index in [2.05, 4.69) is 15.3 Å². The molecular weight excluding hydrogens is 376 g/mol. The standard InChI is InChI=1S/C24H30N4O2/c1-18-23(19(2)28(26-18)21-9-6-5-7-10-21)17-24(29)25-20-11-13-22(14-12-20)30-16-8-15-27(3)4/h5-7,9-14H,8,15-17H2,1-4H3,(H,25,29). The number of rotatable bonds is 9. The lowest BCUT2D eigenvalue weighted by atomic mass is 10.1. The first-order valence-corrected chi connectivity index (χ1v) is 10.2. The van der Waals surface area contributed by atoms with Gasteiger partial charge in [-0.15, -0.1) is 0 Å². The van der Waals surface area contributed by atoms with Gasteiger partial charge in [-0.05, 0) is 70.8 Å². The Balaban J connectivity index is 1.58. The molecule has 2 aromatic carbocycles. The van der Waals surface area contributed by atoms with Gasteiger partial charge in [0.1, 0.15) is 5.75 Å². The molecule has 0 aliphatic rings. The molecule has 1 N–H and O–H groups in total. The van der Waals surface area contributed by atoms with Gasteiger partial charge in [-0.2, -0.15) is 5.10 Å². The number of ether oxygens (including phenoxy) is 1. The average Bonchev–Trinajstić information content (AvgIpc) is 3.01. The van der Waals surface area contributed by atoms with Crippen molar-refractivity contribution in [3.05, 3.63) is 71.5 Å². The van der Waals surface area contributed by atoms with Gasteiger partial charge >= 0.3 is 0 Å². The number of hydrogen-bond donors (Lipinski definition) is 1. The number of carbonyl (C=O) groups excluding carboxylic acids is 1. The van der Waals surface area contributed by atoms with E-state index in [9.17, 15) is 4.79 Å². The second kappa shape index (κ2) is 10.1. The maximum atomic E-state index is 12.6. The molecular formula is C24H30N4O2. The summed E-state index contributed by atoms with van der Waals surface area (Å²) in [6, 6.07) is 17.5. The molecule has 6 heteroatoms. The number of para-hydroxylation sites is 1.